The molecule has 0 aliphatic heterocycles. The van der Waals surface area contributed by atoms with Gasteiger partial charge in [0, 0.05) is 6.42 Å². The average Bonchev–Trinajstić information content (AvgIpc) is 2.78. The summed E-state index contributed by atoms with van der Waals surface area (Å²) in [5.41, 5.74) is 0. The van der Waals surface area contributed by atoms with Gasteiger partial charge in [-0.15, -0.1) is 0 Å². The largest absolute Gasteiger partial charge is 0.427 e. The lowest BCUT2D eigenvalue weighted by molar-refractivity contribution is -0.347. The Labute approximate surface area is 190 Å². The summed E-state index contributed by atoms with van der Waals surface area (Å²) in [5.74, 6) is -3.76. The minimum atomic E-state index is -2.89. The van der Waals surface area contributed by atoms with E-state index in [4.69, 9.17) is 4.74 Å². The molecule has 0 bridgehead atoms. The molecule has 0 saturated heterocycles. The van der Waals surface area contributed by atoms with Gasteiger partial charge in [0.15, 0.2) is 12.2 Å². The molecule has 0 heterocycles. The highest BCUT2D eigenvalue weighted by Gasteiger charge is 2.60. The first kappa shape index (κ1) is 28.5. The van der Waals surface area contributed by atoms with E-state index in [0.29, 0.717) is 6.42 Å². The maximum atomic E-state index is 12.0. The zero-order valence-electron chi connectivity index (χ0n) is 18.9. The van der Waals surface area contributed by atoms with Gasteiger partial charge in [-0.25, -0.2) is 0 Å². The van der Waals surface area contributed by atoms with Crippen LogP contribution in [-0.2, 0) is 9.53 Å². The summed E-state index contributed by atoms with van der Waals surface area (Å²) in [6.07, 6.45) is 11.0. The molecule has 0 radical (unpaired) electrons. The Morgan fingerprint density at radius 2 is 1.25 bits per heavy atom. The monoisotopic (exact) mass is 456 g/mol. The van der Waals surface area contributed by atoms with Crippen LogP contribution in [0.3, 0.4) is 0 Å². The minimum Gasteiger partial charge on any atom is -0.427 e. The van der Waals surface area contributed by atoms with Crippen LogP contribution < -0.4 is 0 Å². The second-order valence-electron chi connectivity index (χ2n) is 8.19. The van der Waals surface area contributed by atoms with Crippen LogP contribution in [0.1, 0.15) is 71.1 Å². The van der Waals surface area contributed by atoms with E-state index in [2.05, 4.69) is 43.4 Å². The molecule has 8 nitrogen and oxygen atoms in total. The highest BCUT2D eigenvalue weighted by atomic mass is 16.7. The Morgan fingerprint density at radius 3 is 1.84 bits per heavy atom. The van der Waals surface area contributed by atoms with Gasteiger partial charge in [0.2, 0.25) is 0 Å². The van der Waals surface area contributed by atoms with Gasteiger partial charge in [0.25, 0.3) is 5.79 Å². The number of carbonyl (C=O) groups is 1. The molecule has 184 valence electrons. The molecular formula is C24H40O8. The van der Waals surface area contributed by atoms with E-state index >= 15 is 0 Å². The lowest BCUT2D eigenvalue weighted by atomic mass is 9.82. The second-order valence-corrected chi connectivity index (χ2v) is 8.19. The Morgan fingerprint density at radius 1 is 0.750 bits per heavy atom. The van der Waals surface area contributed by atoms with Crippen molar-refractivity contribution in [3.8, 4) is 0 Å². The molecule has 6 atom stereocenters. The smallest absolute Gasteiger partial charge is 0.308 e. The predicted molar refractivity (Wildman–Crippen MR) is 120 cm³/mol. The van der Waals surface area contributed by atoms with Crippen LogP contribution in [0.2, 0.25) is 0 Å². The third-order valence-corrected chi connectivity index (χ3v) is 5.50. The summed E-state index contributed by atoms with van der Waals surface area (Å²) in [6, 6.07) is 0. The van der Waals surface area contributed by atoms with Crippen LogP contribution >= 0.6 is 0 Å². The van der Waals surface area contributed by atoms with Crippen LogP contribution in [0, 0.1) is 0 Å². The van der Waals surface area contributed by atoms with E-state index in [9.17, 15) is 35.4 Å². The zero-order valence-corrected chi connectivity index (χ0v) is 18.9. The van der Waals surface area contributed by atoms with Gasteiger partial charge in [-0.2, -0.15) is 0 Å². The maximum Gasteiger partial charge on any atom is 0.308 e. The fourth-order valence-electron chi connectivity index (χ4n) is 3.48. The van der Waals surface area contributed by atoms with Crippen molar-refractivity contribution in [2.45, 2.75) is 107 Å². The number of esters is 1. The van der Waals surface area contributed by atoms with Crippen molar-refractivity contribution in [1.82, 2.24) is 0 Å². The number of hydrogen-bond acceptors (Lipinski definition) is 8. The normalized spacial score (nSPS) is 31.2. The van der Waals surface area contributed by atoms with Crippen molar-refractivity contribution < 1.29 is 40.2 Å². The van der Waals surface area contributed by atoms with E-state index < -0.39 is 42.3 Å². The molecule has 1 aliphatic carbocycles. The minimum absolute atomic E-state index is 0.0455. The number of rotatable bonds is 14. The van der Waals surface area contributed by atoms with Crippen molar-refractivity contribution in [1.29, 1.82) is 0 Å². The van der Waals surface area contributed by atoms with Gasteiger partial charge in [0.05, 0.1) is 0 Å². The second kappa shape index (κ2) is 15.3. The molecule has 1 rings (SSSR count). The summed E-state index contributed by atoms with van der Waals surface area (Å²) in [5, 5.41) is 58.9. The SMILES string of the molecule is CC/C=C/C/C=C/C/C=C/CCCCCCCC(=O)OC1(O)[C@H](O)[C@H](O)C(O)[C@H](O)[C@H]1O. The Kier molecular flexibility index (Phi) is 13.6. The van der Waals surface area contributed by atoms with E-state index in [0.717, 1.165) is 51.4 Å². The van der Waals surface area contributed by atoms with Gasteiger partial charge in [-0.3, -0.25) is 4.79 Å². The topological polar surface area (TPSA) is 148 Å². The van der Waals surface area contributed by atoms with E-state index in [1.165, 1.54) is 0 Å². The lowest BCUT2D eigenvalue weighted by Crippen LogP contribution is -2.72. The molecule has 1 aliphatic rings. The van der Waals surface area contributed by atoms with Gasteiger partial charge < -0.3 is 35.4 Å². The van der Waals surface area contributed by atoms with E-state index in [-0.39, 0.29) is 6.42 Å². The molecule has 8 heteroatoms. The predicted octanol–water partition coefficient (Wildman–Crippen LogP) is 1.63. The third kappa shape index (κ3) is 9.13. The van der Waals surface area contributed by atoms with Crippen molar-refractivity contribution in [3.05, 3.63) is 36.5 Å². The van der Waals surface area contributed by atoms with E-state index in [1.807, 2.05) is 0 Å². The first-order valence-electron chi connectivity index (χ1n) is 11.5. The quantitative estimate of drug-likeness (QED) is 0.1000. The first-order chi connectivity index (χ1) is 15.3. The molecular weight excluding hydrogens is 416 g/mol. The summed E-state index contributed by atoms with van der Waals surface area (Å²) < 4.78 is 4.78. The summed E-state index contributed by atoms with van der Waals surface area (Å²) in [6.45, 7) is 2.12. The van der Waals surface area contributed by atoms with Gasteiger partial charge in [-0.1, -0.05) is 62.6 Å². The van der Waals surface area contributed by atoms with Crippen LogP contribution in [0.15, 0.2) is 36.5 Å². The number of allylic oxidation sites excluding steroid dienone is 6. The maximum absolute atomic E-state index is 12.0. The molecule has 0 amide bonds. The molecule has 1 fully saturated rings. The standard InChI is InChI=1S/C24H40O8/c1-2-3-4-5-6-7-8-9-10-11-12-13-14-15-16-17-18(25)32-24(31)22(29)20(27)19(26)21(28)23(24)30/h3-4,6-7,9-10,19-23,26-31H,2,5,8,11-17H2,1H3/b4-3+,7-6+,10-9+/t19?,20-,21+,22-,23-,24?/m1/s1. The summed E-state index contributed by atoms with van der Waals surface area (Å²) in [7, 11) is 0. The Bertz CT molecular complexity index is 599. The number of carbonyl (C=O) groups excluding carboxylic acids is 1. The van der Waals surface area contributed by atoms with Crippen molar-refractivity contribution in [2.75, 3.05) is 0 Å². The zero-order chi connectivity index (χ0) is 24.0. The Hall–Kier alpha value is -1.55. The highest BCUT2D eigenvalue weighted by Crippen LogP contribution is 2.32. The van der Waals surface area contributed by atoms with Gasteiger partial charge in [0.1, 0.15) is 18.3 Å². The lowest BCUT2D eigenvalue weighted by Gasteiger charge is -2.46. The number of aliphatic hydroxyl groups is 6. The molecule has 0 spiro atoms. The van der Waals surface area contributed by atoms with Crippen molar-refractivity contribution >= 4 is 5.97 Å². The first-order valence-corrected chi connectivity index (χ1v) is 11.5. The molecule has 32 heavy (non-hydrogen) atoms. The summed E-state index contributed by atoms with van der Waals surface area (Å²) in [4.78, 5) is 12.0. The average molecular weight is 457 g/mol. The van der Waals surface area contributed by atoms with E-state index in [1.54, 1.807) is 0 Å². The van der Waals surface area contributed by atoms with Crippen molar-refractivity contribution in [2.24, 2.45) is 0 Å². The molecule has 0 aromatic carbocycles. The molecule has 6 N–H and O–H groups in total. The summed E-state index contributed by atoms with van der Waals surface area (Å²) >= 11 is 0. The Balaban J connectivity index is 2.15. The molecule has 0 aromatic rings. The third-order valence-electron chi connectivity index (χ3n) is 5.50. The fourth-order valence-corrected chi connectivity index (χ4v) is 3.48. The van der Waals surface area contributed by atoms with Crippen LogP contribution in [0.4, 0.5) is 0 Å². The van der Waals surface area contributed by atoms with Crippen molar-refractivity contribution in [3.63, 3.8) is 0 Å². The van der Waals surface area contributed by atoms with Crippen LogP contribution in [0.5, 0.6) is 0 Å². The van der Waals surface area contributed by atoms with Gasteiger partial charge in [-0.05, 0) is 38.5 Å². The van der Waals surface area contributed by atoms with Gasteiger partial charge >= 0.3 is 5.97 Å². The number of ether oxygens (including phenoxy) is 1. The molecule has 1 saturated carbocycles. The number of hydrogen-bond donors (Lipinski definition) is 6. The number of unbranched alkanes of at least 4 members (excludes halogenated alkanes) is 5. The fraction of sp³-hybridized carbons (Fsp3) is 0.708. The molecule has 2 unspecified atom stereocenters. The van der Waals surface area contributed by atoms with Crippen LogP contribution in [0.25, 0.3) is 0 Å². The highest BCUT2D eigenvalue weighted by molar-refractivity contribution is 5.69. The van der Waals surface area contributed by atoms with Crippen LogP contribution in [-0.4, -0.2) is 72.9 Å². The molecule has 0 aromatic heterocycles. The number of aliphatic hydroxyl groups excluding tert-OH is 5.